The van der Waals surface area contributed by atoms with Crippen molar-refractivity contribution in [3.63, 3.8) is 0 Å². The Hall–Kier alpha value is -2.80. The maximum absolute atomic E-state index is 12.4. The lowest BCUT2D eigenvalue weighted by molar-refractivity contribution is 0.0880. The highest BCUT2D eigenvalue weighted by atomic mass is 16.5. The van der Waals surface area contributed by atoms with E-state index in [0.717, 1.165) is 18.4 Å². The molecule has 1 aliphatic rings. The molecule has 1 atom stereocenters. The lowest BCUT2D eigenvalue weighted by Crippen LogP contribution is -2.27. The molecule has 2 aromatic heterocycles. The Balaban J connectivity index is 1.27. The molecular formula is C20H21N3O4. The Labute approximate surface area is 156 Å². The zero-order valence-electron chi connectivity index (χ0n) is 15.0. The molecule has 0 aliphatic heterocycles. The van der Waals surface area contributed by atoms with Crippen LogP contribution in [-0.4, -0.2) is 26.2 Å². The third-order valence-corrected chi connectivity index (χ3v) is 4.96. The Kier molecular flexibility index (Phi) is 4.85. The van der Waals surface area contributed by atoms with Gasteiger partial charge in [-0.1, -0.05) is 35.5 Å². The SMILES string of the molecule is C[C@@H](O)c1nnc(CC2CC(CC(=O)c3cc(-c4ccccc4)on3)C2)o1. The molecule has 1 saturated carbocycles. The van der Waals surface area contributed by atoms with Crippen molar-refractivity contribution in [1.29, 1.82) is 0 Å². The zero-order valence-corrected chi connectivity index (χ0v) is 15.0. The van der Waals surface area contributed by atoms with E-state index >= 15 is 0 Å². The summed E-state index contributed by atoms with van der Waals surface area (Å²) in [6, 6.07) is 11.3. The molecule has 0 spiro atoms. The number of hydrogen-bond donors (Lipinski definition) is 1. The summed E-state index contributed by atoms with van der Waals surface area (Å²) in [7, 11) is 0. The summed E-state index contributed by atoms with van der Waals surface area (Å²) in [6.07, 6.45) is 2.30. The number of hydrogen-bond acceptors (Lipinski definition) is 7. The van der Waals surface area contributed by atoms with Crippen LogP contribution in [0.2, 0.25) is 0 Å². The molecule has 7 nitrogen and oxygen atoms in total. The summed E-state index contributed by atoms with van der Waals surface area (Å²) in [5.74, 6) is 2.19. The van der Waals surface area contributed by atoms with E-state index in [2.05, 4.69) is 15.4 Å². The van der Waals surface area contributed by atoms with Crippen LogP contribution in [0.4, 0.5) is 0 Å². The van der Waals surface area contributed by atoms with Gasteiger partial charge in [0.2, 0.25) is 11.8 Å². The van der Waals surface area contributed by atoms with E-state index in [9.17, 15) is 9.90 Å². The quantitative estimate of drug-likeness (QED) is 0.636. The zero-order chi connectivity index (χ0) is 18.8. The number of nitrogens with zero attached hydrogens (tertiary/aromatic N) is 3. The van der Waals surface area contributed by atoms with Gasteiger partial charge in [-0.15, -0.1) is 10.2 Å². The van der Waals surface area contributed by atoms with E-state index in [1.54, 1.807) is 13.0 Å². The van der Waals surface area contributed by atoms with Crippen LogP contribution in [-0.2, 0) is 6.42 Å². The smallest absolute Gasteiger partial charge is 0.244 e. The fourth-order valence-corrected chi connectivity index (χ4v) is 3.48. The Morgan fingerprint density at radius 2 is 2.00 bits per heavy atom. The van der Waals surface area contributed by atoms with Crippen molar-refractivity contribution in [2.45, 2.75) is 38.7 Å². The molecular weight excluding hydrogens is 346 g/mol. The van der Waals surface area contributed by atoms with Crippen LogP contribution in [0.1, 0.15) is 54.6 Å². The minimum atomic E-state index is -0.749. The summed E-state index contributed by atoms with van der Waals surface area (Å²) in [6.45, 7) is 1.59. The highest BCUT2D eigenvalue weighted by Crippen LogP contribution is 2.39. The fourth-order valence-electron chi connectivity index (χ4n) is 3.48. The van der Waals surface area contributed by atoms with Gasteiger partial charge in [-0.25, -0.2) is 0 Å². The van der Waals surface area contributed by atoms with E-state index in [1.165, 1.54) is 0 Å². The highest BCUT2D eigenvalue weighted by molar-refractivity contribution is 5.95. The van der Waals surface area contributed by atoms with Gasteiger partial charge in [0.15, 0.2) is 11.5 Å². The largest absolute Gasteiger partial charge is 0.422 e. The van der Waals surface area contributed by atoms with Crippen molar-refractivity contribution in [3.05, 3.63) is 53.9 Å². The second-order valence-electron chi connectivity index (χ2n) is 7.19. The molecule has 3 aromatic rings. The average molecular weight is 367 g/mol. The average Bonchev–Trinajstić information content (AvgIpc) is 3.30. The molecule has 0 saturated heterocycles. The van der Waals surface area contributed by atoms with Crippen LogP contribution in [0.3, 0.4) is 0 Å². The summed E-state index contributed by atoms with van der Waals surface area (Å²) >= 11 is 0. The minimum Gasteiger partial charge on any atom is -0.422 e. The topological polar surface area (TPSA) is 102 Å². The van der Waals surface area contributed by atoms with Crippen molar-refractivity contribution < 1.29 is 18.8 Å². The van der Waals surface area contributed by atoms with E-state index in [0.29, 0.717) is 42.0 Å². The van der Waals surface area contributed by atoms with Crippen LogP contribution < -0.4 is 0 Å². The van der Waals surface area contributed by atoms with Crippen LogP contribution in [0.25, 0.3) is 11.3 Å². The molecule has 4 rings (SSSR count). The first-order chi connectivity index (χ1) is 13.1. The lowest BCUT2D eigenvalue weighted by atomic mass is 9.71. The summed E-state index contributed by atoms with van der Waals surface area (Å²) in [5, 5.41) is 21.1. The number of rotatable bonds is 7. The molecule has 1 N–H and O–H groups in total. The van der Waals surface area contributed by atoms with Gasteiger partial charge in [-0.2, -0.15) is 0 Å². The van der Waals surface area contributed by atoms with Gasteiger partial charge >= 0.3 is 0 Å². The molecule has 0 unspecified atom stereocenters. The summed E-state index contributed by atoms with van der Waals surface area (Å²) in [4.78, 5) is 12.4. The first-order valence-corrected chi connectivity index (χ1v) is 9.14. The molecule has 1 fully saturated rings. The normalized spacial score (nSPS) is 20.2. The summed E-state index contributed by atoms with van der Waals surface area (Å²) in [5.41, 5.74) is 1.29. The fraction of sp³-hybridized carbons (Fsp3) is 0.400. The second kappa shape index (κ2) is 7.44. The number of carbonyl (C=O) groups excluding carboxylic acids is 1. The third-order valence-electron chi connectivity index (χ3n) is 4.96. The number of aromatic nitrogens is 3. The van der Waals surface area contributed by atoms with Gasteiger partial charge in [0.1, 0.15) is 11.8 Å². The first-order valence-electron chi connectivity index (χ1n) is 9.14. The maximum atomic E-state index is 12.4. The summed E-state index contributed by atoms with van der Waals surface area (Å²) < 4.78 is 10.7. The number of ketones is 1. The van der Waals surface area contributed by atoms with Crippen molar-refractivity contribution in [1.82, 2.24) is 15.4 Å². The highest BCUT2D eigenvalue weighted by Gasteiger charge is 2.33. The van der Waals surface area contributed by atoms with Gasteiger partial charge in [-0.3, -0.25) is 4.79 Å². The number of Topliss-reactive ketones (excluding diaryl/α,β-unsaturated/α-hetero) is 1. The molecule has 0 radical (unpaired) electrons. The Morgan fingerprint density at radius 1 is 1.22 bits per heavy atom. The van der Waals surface area contributed by atoms with Gasteiger partial charge in [0.25, 0.3) is 0 Å². The van der Waals surface area contributed by atoms with Crippen molar-refractivity contribution in [3.8, 4) is 11.3 Å². The number of carbonyl (C=O) groups is 1. The molecule has 27 heavy (non-hydrogen) atoms. The molecule has 2 heterocycles. The Bertz CT molecular complexity index is 910. The van der Waals surface area contributed by atoms with Crippen molar-refractivity contribution in [2.75, 3.05) is 0 Å². The van der Waals surface area contributed by atoms with Crippen LogP contribution in [0, 0.1) is 11.8 Å². The number of benzene rings is 1. The maximum Gasteiger partial charge on any atom is 0.244 e. The van der Waals surface area contributed by atoms with Gasteiger partial charge in [0, 0.05) is 24.5 Å². The number of aliphatic hydroxyl groups excluding tert-OH is 1. The van der Waals surface area contributed by atoms with Crippen molar-refractivity contribution in [2.24, 2.45) is 11.8 Å². The predicted molar refractivity (Wildman–Crippen MR) is 95.7 cm³/mol. The molecule has 1 aliphatic carbocycles. The third kappa shape index (κ3) is 3.98. The molecule has 7 heteroatoms. The van der Waals surface area contributed by atoms with Gasteiger partial charge in [-0.05, 0) is 31.6 Å². The van der Waals surface area contributed by atoms with E-state index in [4.69, 9.17) is 8.94 Å². The predicted octanol–water partition coefficient (Wildman–Crippen LogP) is 3.62. The van der Waals surface area contributed by atoms with Crippen molar-refractivity contribution >= 4 is 5.78 Å². The monoisotopic (exact) mass is 367 g/mol. The standard InChI is InChI=1S/C20H21N3O4/c1-12(24)20-22-21-19(26-20)10-14-7-13(8-14)9-17(25)16-11-18(27-23-16)15-5-3-2-4-6-15/h2-6,11-14,24H,7-10H2,1H3/t12-,13?,14?/m1/s1. The molecule has 0 amide bonds. The van der Waals surface area contributed by atoms with E-state index in [-0.39, 0.29) is 11.7 Å². The van der Waals surface area contributed by atoms with Crippen LogP contribution in [0.5, 0.6) is 0 Å². The van der Waals surface area contributed by atoms with Crippen LogP contribution >= 0.6 is 0 Å². The Morgan fingerprint density at radius 3 is 2.70 bits per heavy atom. The van der Waals surface area contributed by atoms with Gasteiger partial charge < -0.3 is 14.0 Å². The second-order valence-corrected chi connectivity index (χ2v) is 7.19. The molecule has 1 aromatic carbocycles. The molecule has 0 bridgehead atoms. The first kappa shape index (κ1) is 17.6. The lowest BCUT2D eigenvalue weighted by Gasteiger charge is -2.34. The van der Waals surface area contributed by atoms with Gasteiger partial charge in [0.05, 0.1) is 0 Å². The molecule has 140 valence electrons. The van der Waals surface area contributed by atoms with E-state index < -0.39 is 6.10 Å². The van der Waals surface area contributed by atoms with E-state index in [1.807, 2.05) is 30.3 Å². The number of aliphatic hydroxyl groups is 1. The minimum absolute atomic E-state index is 0.0126. The van der Waals surface area contributed by atoms with Crippen LogP contribution in [0.15, 0.2) is 45.3 Å².